The molecule has 2 fully saturated rings. The zero-order valence-electron chi connectivity index (χ0n) is 20.8. The molecule has 5 heterocycles. The van der Waals surface area contributed by atoms with Crippen LogP contribution in [0.1, 0.15) is 18.4 Å². The Morgan fingerprint density at radius 1 is 0.946 bits per heavy atom. The van der Waals surface area contributed by atoms with E-state index in [2.05, 4.69) is 53.9 Å². The molecule has 3 aliphatic rings. The van der Waals surface area contributed by atoms with Crippen LogP contribution in [0, 0.1) is 0 Å². The van der Waals surface area contributed by atoms with Gasteiger partial charge in [0.05, 0.1) is 24.9 Å². The minimum absolute atomic E-state index is 0.0905. The molecule has 37 heavy (non-hydrogen) atoms. The SMILES string of the molecule is O=C1NCCNc2cc(ccn2)-c2ccnc(n2)Nc2ccc(N3CCOCC3)c(c2)CN2CCCC12. The zero-order chi connectivity index (χ0) is 25.0. The lowest BCUT2D eigenvalue weighted by atomic mass is 10.1. The molecule has 2 saturated heterocycles. The molecule has 6 bridgehead atoms. The van der Waals surface area contributed by atoms with Gasteiger partial charge in [-0.2, -0.15) is 0 Å². The normalized spacial score (nSPS) is 20.6. The Bertz CT molecular complexity index is 1260. The summed E-state index contributed by atoms with van der Waals surface area (Å²) in [5.41, 5.74) is 5.05. The number of rotatable bonds is 1. The van der Waals surface area contributed by atoms with Crippen molar-refractivity contribution >= 4 is 29.0 Å². The van der Waals surface area contributed by atoms with Crippen molar-refractivity contribution in [2.24, 2.45) is 0 Å². The van der Waals surface area contributed by atoms with Gasteiger partial charge in [-0.1, -0.05) is 0 Å². The van der Waals surface area contributed by atoms with E-state index in [0.29, 0.717) is 25.6 Å². The Morgan fingerprint density at radius 3 is 2.73 bits per heavy atom. The molecule has 1 amide bonds. The number of anilines is 4. The van der Waals surface area contributed by atoms with E-state index < -0.39 is 0 Å². The number of benzene rings is 1. The van der Waals surface area contributed by atoms with Gasteiger partial charge in [-0.05, 0) is 61.3 Å². The van der Waals surface area contributed by atoms with Crippen LogP contribution in [0.3, 0.4) is 0 Å². The van der Waals surface area contributed by atoms with Gasteiger partial charge in [0.15, 0.2) is 0 Å². The molecule has 1 unspecified atom stereocenters. The summed E-state index contributed by atoms with van der Waals surface area (Å²) in [6.45, 7) is 5.89. The highest BCUT2D eigenvalue weighted by molar-refractivity contribution is 5.82. The fraction of sp³-hybridized carbons (Fsp3) is 0.407. The van der Waals surface area contributed by atoms with Crippen LogP contribution in [0.4, 0.5) is 23.1 Å². The zero-order valence-corrected chi connectivity index (χ0v) is 20.8. The fourth-order valence-electron chi connectivity index (χ4n) is 5.32. The summed E-state index contributed by atoms with van der Waals surface area (Å²) in [5, 5.41) is 9.84. The van der Waals surface area contributed by atoms with Crippen LogP contribution in [-0.2, 0) is 16.1 Å². The summed E-state index contributed by atoms with van der Waals surface area (Å²) in [7, 11) is 0. The van der Waals surface area contributed by atoms with Gasteiger partial charge in [-0.3, -0.25) is 9.69 Å². The first-order valence-electron chi connectivity index (χ1n) is 13.0. The molecule has 6 rings (SSSR count). The summed E-state index contributed by atoms with van der Waals surface area (Å²) in [4.78, 5) is 31.5. The van der Waals surface area contributed by atoms with Crippen molar-refractivity contribution in [3.05, 3.63) is 54.4 Å². The summed E-state index contributed by atoms with van der Waals surface area (Å²) < 4.78 is 5.59. The molecule has 3 aliphatic heterocycles. The number of carbonyl (C=O) groups is 1. The van der Waals surface area contributed by atoms with Gasteiger partial charge in [0.2, 0.25) is 11.9 Å². The second kappa shape index (κ2) is 10.7. The van der Waals surface area contributed by atoms with Crippen LogP contribution in [0.15, 0.2) is 48.8 Å². The number of nitrogens with zero attached hydrogens (tertiary/aromatic N) is 5. The Kier molecular flexibility index (Phi) is 6.83. The van der Waals surface area contributed by atoms with Crippen LogP contribution < -0.4 is 20.9 Å². The Morgan fingerprint density at radius 2 is 1.81 bits per heavy atom. The number of fused-ring (bicyclic) bond motifs is 8. The molecule has 0 aliphatic carbocycles. The van der Waals surface area contributed by atoms with E-state index in [9.17, 15) is 4.79 Å². The molecule has 192 valence electrons. The third-order valence-electron chi connectivity index (χ3n) is 7.17. The second-order valence-electron chi connectivity index (χ2n) is 9.61. The summed E-state index contributed by atoms with van der Waals surface area (Å²) in [6.07, 6.45) is 5.41. The van der Waals surface area contributed by atoms with Gasteiger partial charge in [0.1, 0.15) is 5.82 Å². The molecule has 2 aromatic heterocycles. The van der Waals surface area contributed by atoms with Crippen LogP contribution >= 0.6 is 0 Å². The van der Waals surface area contributed by atoms with Gasteiger partial charge >= 0.3 is 0 Å². The predicted molar refractivity (Wildman–Crippen MR) is 143 cm³/mol. The highest BCUT2D eigenvalue weighted by Gasteiger charge is 2.31. The third-order valence-corrected chi connectivity index (χ3v) is 7.17. The van der Waals surface area contributed by atoms with Crippen LogP contribution in [0.25, 0.3) is 11.3 Å². The van der Waals surface area contributed by atoms with Crippen LogP contribution in [0.2, 0.25) is 0 Å². The van der Waals surface area contributed by atoms with E-state index in [1.54, 1.807) is 12.4 Å². The van der Waals surface area contributed by atoms with E-state index >= 15 is 0 Å². The maximum atomic E-state index is 13.1. The topological polar surface area (TPSA) is 108 Å². The molecule has 3 aromatic rings. The monoisotopic (exact) mass is 500 g/mol. The Labute approximate surface area is 216 Å². The highest BCUT2D eigenvalue weighted by atomic mass is 16.5. The number of ether oxygens (including phenoxy) is 1. The van der Waals surface area contributed by atoms with Gasteiger partial charge < -0.3 is 25.6 Å². The molecule has 3 N–H and O–H groups in total. The third kappa shape index (κ3) is 5.35. The molecule has 1 atom stereocenters. The standard InChI is InChI=1S/C27H32N8O2/c36-26-24-2-1-11-35(24)18-20-16-21(3-4-23(20)34-12-14-37-15-13-34)32-27-31-8-6-22(33-27)19-5-7-28-25(17-19)29-9-10-30-26/h3-8,16-17,24H,1-2,9-15,18H2,(H,28,29)(H,30,36)(H,31,32,33). The lowest BCUT2D eigenvalue weighted by molar-refractivity contribution is -0.125. The van der Waals surface area contributed by atoms with E-state index in [4.69, 9.17) is 9.72 Å². The van der Waals surface area contributed by atoms with E-state index in [-0.39, 0.29) is 11.9 Å². The maximum Gasteiger partial charge on any atom is 0.237 e. The number of hydrogen-bond donors (Lipinski definition) is 3. The van der Waals surface area contributed by atoms with E-state index in [1.807, 2.05) is 18.2 Å². The number of carbonyl (C=O) groups excluding carboxylic acids is 1. The largest absolute Gasteiger partial charge is 0.378 e. The number of morpholine rings is 1. The van der Waals surface area contributed by atoms with Gasteiger partial charge in [-0.15, -0.1) is 0 Å². The summed E-state index contributed by atoms with van der Waals surface area (Å²) in [5.74, 6) is 1.37. The van der Waals surface area contributed by atoms with Gasteiger partial charge in [0.25, 0.3) is 0 Å². The predicted octanol–water partition coefficient (Wildman–Crippen LogP) is 2.62. The second-order valence-corrected chi connectivity index (χ2v) is 9.61. The number of hydrogen-bond acceptors (Lipinski definition) is 9. The average Bonchev–Trinajstić information content (AvgIpc) is 3.40. The Balaban J connectivity index is 1.37. The lowest BCUT2D eigenvalue weighted by Gasteiger charge is -2.32. The van der Waals surface area contributed by atoms with Gasteiger partial charge in [0, 0.05) is 62.1 Å². The smallest absolute Gasteiger partial charge is 0.237 e. The number of aromatic nitrogens is 3. The molecule has 1 aromatic carbocycles. The molecule has 0 saturated carbocycles. The van der Waals surface area contributed by atoms with Crippen molar-refractivity contribution in [3.8, 4) is 11.3 Å². The molecule has 10 nitrogen and oxygen atoms in total. The first-order chi connectivity index (χ1) is 18.2. The number of pyridine rings is 1. The average molecular weight is 501 g/mol. The van der Waals surface area contributed by atoms with E-state index in [1.165, 1.54) is 11.3 Å². The van der Waals surface area contributed by atoms with E-state index in [0.717, 1.165) is 68.5 Å². The highest BCUT2D eigenvalue weighted by Crippen LogP contribution is 2.30. The van der Waals surface area contributed by atoms with Crippen molar-refractivity contribution in [2.45, 2.75) is 25.4 Å². The molecular weight excluding hydrogens is 468 g/mol. The summed E-state index contributed by atoms with van der Waals surface area (Å²) >= 11 is 0. The molecular formula is C27H32N8O2. The minimum Gasteiger partial charge on any atom is -0.378 e. The van der Waals surface area contributed by atoms with Crippen LogP contribution in [0.5, 0.6) is 0 Å². The minimum atomic E-state index is -0.130. The maximum absolute atomic E-state index is 13.1. The summed E-state index contributed by atoms with van der Waals surface area (Å²) in [6, 6.07) is 12.1. The fourth-order valence-corrected chi connectivity index (χ4v) is 5.32. The first-order valence-corrected chi connectivity index (χ1v) is 13.0. The van der Waals surface area contributed by atoms with Crippen molar-refractivity contribution in [2.75, 3.05) is 61.5 Å². The van der Waals surface area contributed by atoms with Crippen LogP contribution in [-0.4, -0.2) is 77.7 Å². The first kappa shape index (κ1) is 23.6. The van der Waals surface area contributed by atoms with Crippen molar-refractivity contribution in [1.82, 2.24) is 25.2 Å². The quantitative estimate of drug-likeness (QED) is 0.465. The molecule has 10 heteroatoms. The molecule has 0 radical (unpaired) electrons. The number of amides is 1. The lowest BCUT2D eigenvalue weighted by Crippen LogP contribution is -2.44. The Hall–Kier alpha value is -3.76. The number of nitrogens with one attached hydrogen (secondary N) is 3. The van der Waals surface area contributed by atoms with Crippen molar-refractivity contribution in [1.29, 1.82) is 0 Å². The van der Waals surface area contributed by atoms with Crippen molar-refractivity contribution < 1.29 is 9.53 Å². The van der Waals surface area contributed by atoms with Crippen molar-refractivity contribution in [3.63, 3.8) is 0 Å². The molecule has 0 spiro atoms. The van der Waals surface area contributed by atoms with Gasteiger partial charge in [-0.25, -0.2) is 15.0 Å².